The van der Waals surface area contributed by atoms with E-state index in [9.17, 15) is 9.59 Å². The fraction of sp³-hybridized carbons (Fsp3) is 0.400. The van der Waals surface area contributed by atoms with Crippen molar-refractivity contribution in [1.82, 2.24) is 0 Å². The van der Waals surface area contributed by atoms with E-state index in [2.05, 4.69) is 20.8 Å². The summed E-state index contributed by atoms with van der Waals surface area (Å²) in [5.74, 6) is -0.459. The highest BCUT2D eigenvalue weighted by atomic mass is 16.6. The summed E-state index contributed by atoms with van der Waals surface area (Å²) in [6.45, 7) is 9.77. The van der Waals surface area contributed by atoms with Crippen molar-refractivity contribution in [2.75, 3.05) is 24.7 Å². The maximum absolute atomic E-state index is 12.7. The molecule has 0 atom stereocenters. The number of hydrogen-bond acceptors (Lipinski definition) is 5. The van der Waals surface area contributed by atoms with Crippen molar-refractivity contribution in [1.29, 1.82) is 5.26 Å². The van der Waals surface area contributed by atoms with Gasteiger partial charge >= 0.3 is 5.97 Å². The molecule has 0 spiro atoms. The Morgan fingerprint density at radius 2 is 1.61 bits per heavy atom. The number of aryl methyl sites for hydroxylation is 2. The molecule has 0 fully saturated rings. The summed E-state index contributed by atoms with van der Waals surface area (Å²) in [6.07, 6.45) is 0.181. The number of hydrogen-bond donors (Lipinski definition) is 0. The van der Waals surface area contributed by atoms with Crippen molar-refractivity contribution in [2.24, 2.45) is 0 Å². The summed E-state index contributed by atoms with van der Waals surface area (Å²) < 4.78 is 10.6. The van der Waals surface area contributed by atoms with Gasteiger partial charge < -0.3 is 14.4 Å². The molecule has 31 heavy (non-hydrogen) atoms. The highest BCUT2D eigenvalue weighted by Gasteiger charge is 2.19. The Kier molecular flexibility index (Phi) is 8.21. The number of anilines is 1. The Labute approximate surface area is 184 Å². The van der Waals surface area contributed by atoms with E-state index in [1.54, 1.807) is 0 Å². The second-order valence-corrected chi connectivity index (χ2v) is 8.52. The third-order valence-electron chi connectivity index (χ3n) is 4.70. The monoisotopic (exact) mass is 422 g/mol. The van der Waals surface area contributed by atoms with Crippen LogP contribution in [-0.2, 0) is 19.7 Å². The normalized spacial score (nSPS) is 10.8. The topological polar surface area (TPSA) is 79.6 Å². The van der Waals surface area contributed by atoms with Gasteiger partial charge in [-0.1, -0.05) is 39.0 Å². The van der Waals surface area contributed by atoms with E-state index in [0.29, 0.717) is 11.4 Å². The predicted octanol–water partition coefficient (Wildman–Crippen LogP) is 4.47. The van der Waals surface area contributed by atoms with Crippen LogP contribution >= 0.6 is 0 Å². The smallest absolute Gasteiger partial charge is 0.344 e. The van der Waals surface area contributed by atoms with Gasteiger partial charge in [0, 0.05) is 12.2 Å². The molecule has 0 heterocycles. The third kappa shape index (κ3) is 7.45. The van der Waals surface area contributed by atoms with Crippen LogP contribution in [0, 0.1) is 25.2 Å². The Balaban J connectivity index is 1.92. The maximum atomic E-state index is 12.7. The molecule has 0 aliphatic rings. The molecule has 2 aromatic carbocycles. The molecule has 0 radical (unpaired) electrons. The minimum atomic E-state index is -0.631. The van der Waals surface area contributed by atoms with Crippen molar-refractivity contribution >= 4 is 17.6 Å². The standard InChI is InChI=1S/C25H30N2O4/c1-18-13-19(2)15-21(14-18)27(12-6-11-26)23(28)16-31-24(29)17-30-22-9-7-20(8-10-22)25(3,4)5/h7-10,13-15H,6,12,16-17H2,1-5H3. The van der Waals surface area contributed by atoms with Crippen molar-refractivity contribution in [3.63, 3.8) is 0 Å². The minimum absolute atomic E-state index is 0.0328. The predicted molar refractivity (Wildman–Crippen MR) is 120 cm³/mol. The van der Waals surface area contributed by atoms with Crippen LogP contribution in [-0.4, -0.2) is 31.6 Å². The van der Waals surface area contributed by atoms with Crippen LogP contribution in [0.25, 0.3) is 0 Å². The highest BCUT2D eigenvalue weighted by molar-refractivity contribution is 5.95. The summed E-state index contributed by atoms with van der Waals surface area (Å²) in [5, 5.41) is 8.92. The molecule has 0 N–H and O–H groups in total. The number of rotatable bonds is 8. The minimum Gasteiger partial charge on any atom is -0.482 e. The highest BCUT2D eigenvalue weighted by Crippen LogP contribution is 2.24. The molecule has 0 bridgehead atoms. The van der Waals surface area contributed by atoms with Crippen LogP contribution in [0.3, 0.4) is 0 Å². The molecule has 2 aromatic rings. The molecule has 0 aromatic heterocycles. The summed E-state index contributed by atoms with van der Waals surface area (Å²) in [5.41, 5.74) is 3.89. The molecule has 1 amide bonds. The molecule has 6 nitrogen and oxygen atoms in total. The lowest BCUT2D eigenvalue weighted by atomic mass is 9.87. The third-order valence-corrected chi connectivity index (χ3v) is 4.70. The van der Waals surface area contributed by atoms with E-state index in [1.165, 1.54) is 4.90 Å². The molecule has 2 rings (SSSR count). The number of benzene rings is 2. The van der Waals surface area contributed by atoms with E-state index in [1.807, 2.05) is 62.4 Å². The summed E-state index contributed by atoms with van der Waals surface area (Å²) in [6, 6.07) is 15.3. The van der Waals surface area contributed by atoms with Gasteiger partial charge in [0.05, 0.1) is 12.5 Å². The lowest BCUT2D eigenvalue weighted by Crippen LogP contribution is -2.36. The zero-order valence-corrected chi connectivity index (χ0v) is 18.9. The van der Waals surface area contributed by atoms with Gasteiger partial charge in [0.2, 0.25) is 0 Å². The zero-order valence-electron chi connectivity index (χ0n) is 18.9. The average molecular weight is 423 g/mol. The van der Waals surface area contributed by atoms with Gasteiger partial charge in [0.25, 0.3) is 5.91 Å². The van der Waals surface area contributed by atoms with Crippen LogP contribution in [0.2, 0.25) is 0 Å². The Morgan fingerprint density at radius 1 is 1.00 bits per heavy atom. The SMILES string of the molecule is Cc1cc(C)cc(N(CCC#N)C(=O)COC(=O)COc2ccc(C(C)(C)C)cc2)c1. The molecule has 0 saturated carbocycles. The van der Waals surface area contributed by atoms with Gasteiger partial charge in [-0.3, -0.25) is 4.79 Å². The first-order valence-corrected chi connectivity index (χ1v) is 10.2. The van der Waals surface area contributed by atoms with Crippen molar-refractivity contribution < 1.29 is 19.1 Å². The lowest BCUT2D eigenvalue weighted by Gasteiger charge is -2.22. The van der Waals surface area contributed by atoms with Crippen molar-refractivity contribution in [2.45, 2.75) is 46.5 Å². The Morgan fingerprint density at radius 3 is 2.16 bits per heavy atom. The van der Waals surface area contributed by atoms with E-state index >= 15 is 0 Å². The van der Waals surface area contributed by atoms with Gasteiger partial charge in [-0.25, -0.2) is 4.79 Å². The largest absolute Gasteiger partial charge is 0.482 e. The second-order valence-electron chi connectivity index (χ2n) is 8.52. The Bertz CT molecular complexity index is 933. The number of nitriles is 1. The number of esters is 1. The summed E-state index contributed by atoms with van der Waals surface area (Å²) in [7, 11) is 0. The van der Waals surface area contributed by atoms with Crippen LogP contribution < -0.4 is 9.64 Å². The van der Waals surface area contributed by atoms with E-state index in [0.717, 1.165) is 16.7 Å². The summed E-state index contributed by atoms with van der Waals surface area (Å²) in [4.78, 5) is 26.2. The molecule has 6 heteroatoms. The molecule has 0 aliphatic carbocycles. The number of nitrogens with zero attached hydrogens (tertiary/aromatic N) is 2. The fourth-order valence-corrected chi connectivity index (χ4v) is 3.12. The fourth-order valence-electron chi connectivity index (χ4n) is 3.12. The van der Waals surface area contributed by atoms with Gasteiger partial charge in [0.15, 0.2) is 13.2 Å². The molecule has 0 unspecified atom stereocenters. The van der Waals surface area contributed by atoms with Crippen molar-refractivity contribution in [3.05, 3.63) is 59.2 Å². The van der Waals surface area contributed by atoms with Crippen molar-refractivity contribution in [3.8, 4) is 11.8 Å². The molecule has 164 valence electrons. The molecule has 0 aliphatic heterocycles. The molecule has 0 saturated heterocycles. The van der Waals surface area contributed by atoms with E-state index in [-0.39, 0.29) is 30.9 Å². The number of amides is 1. The average Bonchev–Trinajstić information content (AvgIpc) is 2.70. The van der Waals surface area contributed by atoms with Crippen LogP contribution in [0.4, 0.5) is 5.69 Å². The first-order chi connectivity index (χ1) is 14.6. The van der Waals surface area contributed by atoms with E-state index in [4.69, 9.17) is 14.7 Å². The van der Waals surface area contributed by atoms with Crippen LogP contribution in [0.1, 0.15) is 43.9 Å². The first kappa shape index (κ1) is 23.9. The van der Waals surface area contributed by atoms with Crippen LogP contribution in [0.15, 0.2) is 42.5 Å². The van der Waals surface area contributed by atoms with E-state index < -0.39 is 12.6 Å². The second kappa shape index (κ2) is 10.6. The van der Waals surface area contributed by atoms with Gasteiger partial charge in [-0.15, -0.1) is 0 Å². The summed E-state index contributed by atoms with van der Waals surface area (Å²) >= 11 is 0. The number of carbonyl (C=O) groups excluding carboxylic acids is 2. The van der Waals surface area contributed by atoms with Gasteiger partial charge in [-0.2, -0.15) is 5.26 Å². The zero-order chi connectivity index (χ0) is 23.0. The first-order valence-electron chi connectivity index (χ1n) is 10.2. The quantitative estimate of drug-likeness (QED) is 0.587. The number of ether oxygens (including phenoxy) is 2. The Hall–Kier alpha value is -3.33. The van der Waals surface area contributed by atoms with Crippen LogP contribution in [0.5, 0.6) is 5.75 Å². The number of carbonyl (C=O) groups is 2. The maximum Gasteiger partial charge on any atom is 0.344 e. The van der Waals surface area contributed by atoms with Gasteiger partial charge in [0.1, 0.15) is 5.75 Å². The molecular weight excluding hydrogens is 392 g/mol. The van der Waals surface area contributed by atoms with Gasteiger partial charge in [-0.05, 0) is 60.2 Å². The molecular formula is C25H30N2O4. The lowest BCUT2D eigenvalue weighted by molar-refractivity contribution is -0.149.